The maximum Gasteiger partial charge on any atom is 0.294 e. The Hall–Kier alpha value is -2.64. The number of benzene rings is 1. The van der Waals surface area contributed by atoms with Crippen molar-refractivity contribution in [2.45, 2.75) is 25.3 Å². The van der Waals surface area contributed by atoms with Gasteiger partial charge in [0.1, 0.15) is 6.54 Å². The molecule has 1 atom stereocenters. The van der Waals surface area contributed by atoms with E-state index >= 15 is 0 Å². The number of thioether (sulfide) groups is 1. The number of aromatic nitrogens is 1. The maximum atomic E-state index is 13.1. The number of likely N-dealkylation sites (tertiary alicyclic amines) is 1. The molecule has 154 valence electrons. The van der Waals surface area contributed by atoms with E-state index in [1.54, 1.807) is 47.6 Å². The second-order valence-electron chi connectivity index (χ2n) is 7.17. The fourth-order valence-corrected chi connectivity index (χ4v) is 4.76. The lowest BCUT2D eigenvalue weighted by atomic mass is 9.96. The van der Waals surface area contributed by atoms with Crippen molar-refractivity contribution in [3.05, 3.63) is 69.8 Å². The standard InChI is InChI=1S/C22H20ClN3O3S/c23-17-8-2-1-6-15(17)12-19-21(28)26(22(29)30-19)14-20(27)25-11-4-3-9-18(25)16-7-5-10-24-13-16/h1-2,5-8,10,12-13,18H,3-4,9,11,14H2/b19-12-/t18-/m1/s1. The van der Waals surface area contributed by atoms with E-state index < -0.39 is 11.1 Å². The Kier molecular flexibility index (Phi) is 6.20. The Morgan fingerprint density at radius 2 is 2.03 bits per heavy atom. The highest BCUT2D eigenvalue weighted by Crippen LogP contribution is 2.35. The molecular weight excluding hydrogens is 422 g/mol. The third kappa shape index (κ3) is 4.27. The van der Waals surface area contributed by atoms with Crippen molar-refractivity contribution in [1.29, 1.82) is 0 Å². The first-order valence-electron chi connectivity index (χ1n) is 9.74. The van der Waals surface area contributed by atoms with Crippen LogP contribution in [0, 0.1) is 0 Å². The van der Waals surface area contributed by atoms with E-state index in [4.69, 9.17) is 11.6 Å². The molecule has 0 N–H and O–H groups in total. The van der Waals surface area contributed by atoms with Crippen molar-refractivity contribution < 1.29 is 14.4 Å². The molecule has 1 aromatic carbocycles. The lowest BCUT2D eigenvalue weighted by molar-refractivity contribution is -0.138. The fraction of sp³-hybridized carbons (Fsp3) is 0.273. The molecule has 0 aliphatic carbocycles. The van der Waals surface area contributed by atoms with Gasteiger partial charge < -0.3 is 4.90 Å². The van der Waals surface area contributed by atoms with Gasteiger partial charge in [-0.1, -0.05) is 35.9 Å². The normalized spacial score (nSPS) is 20.8. The van der Waals surface area contributed by atoms with Gasteiger partial charge in [0.15, 0.2) is 0 Å². The first-order chi connectivity index (χ1) is 14.5. The lowest BCUT2D eigenvalue weighted by Gasteiger charge is -2.36. The number of carbonyl (C=O) groups excluding carboxylic acids is 3. The zero-order valence-electron chi connectivity index (χ0n) is 16.2. The van der Waals surface area contributed by atoms with Gasteiger partial charge in [0, 0.05) is 24.0 Å². The Morgan fingerprint density at radius 1 is 1.20 bits per heavy atom. The van der Waals surface area contributed by atoms with Crippen molar-refractivity contribution in [2.24, 2.45) is 0 Å². The smallest absolute Gasteiger partial charge is 0.294 e. The molecule has 0 bridgehead atoms. The van der Waals surface area contributed by atoms with E-state index in [1.807, 2.05) is 12.1 Å². The van der Waals surface area contributed by atoms with Gasteiger partial charge in [-0.25, -0.2) is 0 Å². The van der Waals surface area contributed by atoms with E-state index in [0.717, 1.165) is 41.5 Å². The van der Waals surface area contributed by atoms with Crippen molar-refractivity contribution in [3.63, 3.8) is 0 Å². The van der Waals surface area contributed by atoms with Crippen LogP contribution in [0.5, 0.6) is 0 Å². The number of hydrogen-bond acceptors (Lipinski definition) is 5. The van der Waals surface area contributed by atoms with Crippen LogP contribution in [0.1, 0.15) is 36.4 Å². The summed E-state index contributed by atoms with van der Waals surface area (Å²) in [5, 5.41) is 0.0506. The SMILES string of the molecule is O=C1S/C(=C\c2ccccc2Cl)C(=O)N1CC(=O)N1CCCC[C@@H]1c1cccnc1. The number of nitrogens with zero attached hydrogens (tertiary/aromatic N) is 3. The Balaban J connectivity index is 1.50. The van der Waals surface area contributed by atoms with E-state index in [9.17, 15) is 14.4 Å². The summed E-state index contributed by atoms with van der Waals surface area (Å²) in [6.45, 7) is 0.339. The van der Waals surface area contributed by atoms with Crippen LogP contribution in [-0.2, 0) is 9.59 Å². The molecule has 0 radical (unpaired) electrons. The second-order valence-corrected chi connectivity index (χ2v) is 8.57. The molecule has 0 unspecified atom stereocenters. The van der Waals surface area contributed by atoms with Crippen LogP contribution in [-0.4, -0.2) is 44.9 Å². The summed E-state index contributed by atoms with van der Waals surface area (Å²) in [5.41, 5.74) is 1.63. The molecule has 1 aromatic heterocycles. The van der Waals surface area contributed by atoms with Crippen LogP contribution in [0.25, 0.3) is 6.08 Å². The molecule has 3 amide bonds. The number of rotatable bonds is 4. The van der Waals surface area contributed by atoms with E-state index in [0.29, 0.717) is 17.1 Å². The minimum absolute atomic E-state index is 0.0847. The van der Waals surface area contributed by atoms with E-state index in [1.165, 1.54) is 0 Å². The zero-order chi connectivity index (χ0) is 21.1. The second kappa shape index (κ2) is 9.02. The topological polar surface area (TPSA) is 70.6 Å². The first kappa shape index (κ1) is 20.6. The monoisotopic (exact) mass is 441 g/mol. The number of pyridine rings is 1. The molecule has 0 spiro atoms. The van der Waals surface area contributed by atoms with Crippen molar-refractivity contribution in [3.8, 4) is 0 Å². The average Bonchev–Trinajstić information content (AvgIpc) is 3.03. The molecule has 2 saturated heterocycles. The summed E-state index contributed by atoms with van der Waals surface area (Å²) in [4.78, 5) is 45.5. The Morgan fingerprint density at radius 3 is 2.80 bits per heavy atom. The molecular formula is C22H20ClN3O3S. The summed E-state index contributed by atoms with van der Waals surface area (Å²) in [6, 6.07) is 10.8. The Bertz CT molecular complexity index is 1010. The number of imide groups is 1. The third-order valence-corrected chi connectivity index (χ3v) is 6.50. The molecule has 8 heteroatoms. The Labute approximate surface area is 183 Å². The van der Waals surface area contributed by atoms with Gasteiger partial charge in [-0.15, -0.1) is 0 Å². The fourth-order valence-electron chi connectivity index (χ4n) is 3.75. The number of halogens is 1. The van der Waals surface area contributed by atoms with Gasteiger partial charge in [-0.3, -0.25) is 24.3 Å². The minimum Gasteiger partial charge on any atom is -0.334 e. The number of hydrogen-bond donors (Lipinski definition) is 0. The third-order valence-electron chi connectivity index (χ3n) is 5.25. The molecule has 0 saturated carbocycles. The molecule has 2 fully saturated rings. The molecule has 3 heterocycles. The largest absolute Gasteiger partial charge is 0.334 e. The van der Waals surface area contributed by atoms with Crippen LogP contribution < -0.4 is 0 Å². The summed E-state index contributed by atoms with van der Waals surface area (Å²) in [5.74, 6) is -0.696. The van der Waals surface area contributed by atoms with E-state index in [2.05, 4.69) is 4.98 Å². The predicted molar refractivity (Wildman–Crippen MR) is 117 cm³/mol. The predicted octanol–water partition coefficient (Wildman–Crippen LogP) is 4.53. The summed E-state index contributed by atoms with van der Waals surface area (Å²) in [7, 11) is 0. The molecule has 30 heavy (non-hydrogen) atoms. The van der Waals surface area contributed by atoms with E-state index in [-0.39, 0.29) is 23.4 Å². The lowest BCUT2D eigenvalue weighted by Crippen LogP contribution is -2.45. The van der Waals surface area contributed by atoms with Crippen molar-refractivity contribution >= 4 is 46.5 Å². The van der Waals surface area contributed by atoms with Gasteiger partial charge >= 0.3 is 0 Å². The quantitative estimate of drug-likeness (QED) is 0.652. The number of piperidine rings is 1. The van der Waals surface area contributed by atoms with Crippen LogP contribution in [0.4, 0.5) is 4.79 Å². The van der Waals surface area contributed by atoms with Gasteiger partial charge in [0.25, 0.3) is 11.1 Å². The first-order valence-corrected chi connectivity index (χ1v) is 10.9. The highest BCUT2D eigenvalue weighted by atomic mass is 35.5. The van der Waals surface area contributed by atoms with Gasteiger partial charge in [-0.05, 0) is 60.4 Å². The highest BCUT2D eigenvalue weighted by Gasteiger charge is 2.38. The van der Waals surface area contributed by atoms with Gasteiger partial charge in [-0.2, -0.15) is 0 Å². The summed E-state index contributed by atoms with van der Waals surface area (Å²) < 4.78 is 0. The van der Waals surface area contributed by atoms with Crippen molar-refractivity contribution in [2.75, 3.05) is 13.1 Å². The zero-order valence-corrected chi connectivity index (χ0v) is 17.7. The van der Waals surface area contributed by atoms with Gasteiger partial charge in [0.05, 0.1) is 10.9 Å². The van der Waals surface area contributed by atoms with Crippen LogP contribution in [0.2, 0.25) is 5.02 Å². The molecule has 2 aliphatic rings. The maximum absolute atomic E-state index is 13.1. The molecule has 2 aromatic rings. The summed E-state index contributed by atoms with van der Waals surface area (Å²) >= 11 is 6.98. The number of amides is 3. The average molecular weight is 442 g/mol. The minimum atomic E-state index is -0.465. The van der Waals surface area contributed by atoms with Crippen LogP contribution in [0.15, 0.2) is 53.7 Å². The summed E-state index contributed by atoms with van der Waals surface area (Å²) in [6.07, 6.45) is 7.82. The van der Waals surface area contributed by atoms with Crippen LogP contribution in [0.3, 0.4) is 0 Å². The molecule has 4 rings (SSSR count). The molecule has 2 aliphatic heterocycles. The van der Waals surface area contributed by atoms with Gasteiger partial charge in [0.2, 0.25) is 5.91 Å². The highest BCUT2D eigenvalue weighted by molar-refractivity contribution is 8.18. The number of carbonyl (C=O) groups is 3. The van der Waals surface area contributed by atoms with Crippen molar-refractivity contribution in [1.82, 2.24) is 14.8 Å². The van der Waals surface area contributed by atoms with Crippen LogP contribution >= 0.6 is 23.4 Å². The molecule has 6 nitrogen and oxygen atoms in total.